The molecule has 5 aromatic rings. The number of nitrogens with two attached hydrogens (primary N) is 1. The van der Waals surface area contributed by atoms with Gasteiger partial charge in [-0.25, -0.2) is 9.48 Å². The number of pyridine rings is 1. The highest BCUT2D eigenvalue weighted by Gasteiger charge is 2.22. The second-order valence-corrected chi connectivity index (χ2v) is 13.5. The molecule has 0 aliphatic rings. The molecule has 0 saturated heterocycles. The maximum absolute atomic E-state index is 13.4. The van der Waals surface area contributed by atoms with E-state index in [0.29, 0.717) is 23.7 Å². The number of nitrogens with one attached hydrogen (secondary N) is 3. The summed E-state index contributed by atoms with van der Waals surface area (Å²) in [6.07, 6.45) is 0. The summed E-state index contributed by atoms with van der Waals surface area (Å²) < 4.78 is 9.27. The first-order valence-electron chi connectivity index (χ1n) is 16.4. The molecule has 0 atom stereocenters. The molecular weight excluding hydrogens is 670 g/mol. The number of hydrogen-bond acceptors (Lipinski definition) is 7. The number of ether oxygens (including phenoxy) is 1. The summed E-state index contributed by atoms with van der Waals surface area (Å²) in [5, 5.41) is 23.0. The number of aromatic hydroxyl groups is 1. The van der Waals surface area contributed by atoms with Gasteiger partial charge in [0.25, 0.3) is 5.56 Å². The Morgan fingerprint density at radius 1 is 0.922 bits per heavy atom. The zero-order valence-corrected chi connectivity index (χ0v) is 29.8. The fourth-order valence-electron chi connectivity index (χ4n) is 5.30. The van der Waals surface area contributed by atoms with Crippen LogP contribution in [0, 0.1) is 6.92 Å². The molecule has 0 unspecified atom stereocenters. The van der Waals surface area contributed by atoms with E-state index in [0.717, 1.165) is 27.9 Å². The number of phenols is 1. The third-order valence-electron chi connectivity index (χ3n) is 8.18. The Hall–Kier alpha value is -5.59. The lowest BCUT2D eigenvalue weighted by Crippen LogP contribution is -2.29. The number of amides is 3. The van der Waals surface area contributed by atoms with Crippen LogP contribution in [0.1, 0.15) is 54.4 Å². The maximum Gasteiger partial charge on any atom is 0.320 e. The van der Waals surface area contributed by atoms with E-state index in [1.165, 1.54) is 0 Å². The van der Waals surface area contributed by atoms with Crippen molar-refractivity contribution in [1.29, 1.82) is 0 Å². The van der Waals surface area contributed by atoms with E-state index in [1.54, 1.807) is 39.6 Å². The lowest BCUT2D eigenvalue weighted by molar-refractivity contribution is -0.119. The summed E-state index contributed by atoms with van der Waals surface area (Å²) in [6.45, 7) is 8.76. The third kappa shape index (κ3) is 9.35. The summed E-state index contributed by atoms with van der Waals surface area (Å²) in [5.41, 5.74) is 10.2. The van der Waals surface area contributed by atoms with Crippen LogP contribution in [-0.2, 0) is 36.5 Å². The molecule has 0 aliphatic carbocycles. The topological polar surface area (TPSA) is 166 Å². The largest absolute Gasteiger partial charge is 0.508 e. The number of rotatable bonds is 12. The lowest BCUT2D eigenvalue weighted by Gasteiger charge is -2.16. The van der Waals surface area contributed by atoms with Gasteiger partial charge in [0.2, 0.25) is 5.91 Å². The quantitative estimate of drug-likeness (QED) is 0.114. The van der Waals surface area contributed by atoms with Crippen molar-refractivity contribution in [2.75, 3.05) is 11.9 Å². The van der Waals surface area contributed by atoms with Crippen LogP contribution in [0.5, 0.6) is 11.5 Å². The molecule has 0 spiro atoms. The molecule has 0 radical (unpaired) electrons. The minimum Gasteiger partial charge on any atom is -0.508 e. The van der Waals surface area contributed by atoms with Gasteiger partial charge in [-0.05, 0) is 53.4 Å². The number of aromatic nitrogens is 3. The van der Waals surface area contributed by atoms with Crippen LogP contribution in [0.2, 0.25) is 5.02 Å². The van der Waals surface area contributed by atoms with Crippen molar-refractivity contribution in [1.82, 2.24) is 25.0 Å². The van der Waals surface area contributed by atoms with E-state index in [4.69, 9.17) is 27.2 Å². The number of carbonyl (C=O) groups is 2. The molecule has 13 heteroatoms. The zero-order chi connectivity index (χ0) is 36.7. The van der Waals surface area contributed by atoms with Gasteiger partial charge in [0, 0.05) is 36.3 Å². The summed E-state index contributed by atoms with van der Waals surface area (Å²) in [5.74, 6) is 0.611. The lowest BCUT2D eigenvalue weighted by atomic mass is 9.92. The second-order valence-electron chi connectivity index (χ2n) is 13.1. The number of nitrogens with zero attached hydrogens (tertiary/aromatic N) is 3. The molecule has 0 saturated carbocycles. The summed E-state index contributed by atoms with van der Waals surface area (Å²) in [6, 6.07) is 24.8. The van der Waals surface area contributed by atoms with E-state index in [2.05, 4.69) is 16.0 Å². The number of phenolic OH excluding ortho intramolecular Hbond substituents is 1. The molecule has 3 amide bonds. The van der Waals surface area contributed by atoms with Crippen molar-refractivity contribution in [2.24, 2.45) is 5.73 Å². The number of hydrogen-bond donors (Lipinski definition) is 5. The molecule has 0 aliphatic heterocycles. The van der Waals surface area contributed by atoms with Gasteiger partial charge in [-0.15, -0.1) is 0 Å². The van der Waals surface area contributed by atoms with Crippen molar-refractivity contribution < 1.29 is 19.4 Å². The Labute approximate surface area is 301 Å². The fourth-order valence-corrected chi connectivity index (χ4v) is 5.51. The van der Waals surface area contributed by atoms with Crippen molar-refractivity contribution in [3.05, 3.63) is 134 Å². The number of anilines is 1. The first-order valence-corrected chi connectivity index (χ1v) is 16.8. The van der Waals surface area contributed by atoms with Gasteiger partial charge in [-0.3, -0.25) is 14.9 Å². The Balaban J connectivity index is 1.24. The van der Waals surface area contributed by atoms with Gasteiger partial charge in [-0.1, -0.05) is 80.9 Å². The highest BCUT2D eigenvalue weighted by molar-refractivity contribution is 6.31. The van der Waals surface area contributed by atoms with Gasteiger partial charge >= 0.3 is 6.03 Å². The second kappa shape index (κ2) is 16.0. The van der Waals surface area contributed by atoms with Crippen LogP contribution < -0.4 is 32.0 Å². The molecule has 5 rings (SSSR count). The standard InChI is InChI=1S/C38H42ClN7O5/c1-24-16-31(35(39)36(49)45(24)22-26-9-7-8-25(17-26)20-41-34(48)19-40)51-23-28-11-6-5-10-27(28)21-42-37(50)43-33-18-32(38(2,3)4)44-46(33)29-12-14-30(47)15-13-29/h5-18,47H,19-23,40H2,1-4H3,(H,41,48)(H2,42,43,50). The Morgan fingerprint density at radius 3 is 2.33 bits per heavy atom. The number of urea groups is 1. The first kappa shape index (κ1) is 36.7. The maximum atomic E-state index is 13.4. The number of aryl methyl sites for hydroxylation is 1. The summed E-state index contributed by atoms with van der Waals surface area (Å²) in [4.78, 5) is 38.0. The SMILES string of the molecule is Cc1cc(OCc2ccccc2CNC(=O)Nc2cc(C(C)(C)C)nn2-c2ccc(O)cc2)c(Cl)c(=O)n1Cc1cccc(CNC(=O)CN)c1. The molecule has 12 nitrogen and oxygen atoms in total. The van der Waals surface area contributed by atoms with Gasteiger partial charge in [0.1, 0.15) is 28.9 Å². The predicted octanol–water partition coefficient (Wildman–Crippen LogP) is 5.52. The summed E-state index contributed by atoms with van der Waals surface area (Å²) >= 11 is 6.55. The number of benzene rings is 3. The van der Waals surface area contributed by atoms with Crippen LogP contribution in [-0.4, -0.2) is 37.9 Å². The average molecular weight is 712 g/mol. The highest BCUT2D eigenvalue weighted by Crippen LogP contribution is 2.27. The smallest absolute Gasteiger partial charge is 0.320 e. The molecule has 2 heterocycles. The van der Waals surface area contributed by atoms with E-state index in [-0.39, 0.29) is 59.6 Å². The predicted molar refractivity (Wildman–Crippen MR) is 197 cm³/mol. The van der Waals surface area contributed by atoms with Crippen LogP contribution >= 0.6 is 11.6 Å². The van der Waals surface area contributed by atoms with Crippen molar-refractivity contribution in [3.63, 3.8) is 0 Å². The van der Waals surface area contributed by atoms with Crippen LogP contribution in [0.25, 0.3) is 5.69 Å². The number of carbonyl (C=O) groups excluding carboxylic acids is 2. The molecule has 0 bridgehead atoms. The van der Waals surface area contributed by atoms with Gasteiger partial charge in [-0.2, -0.15) is 5.10 Å². The third-order valence-corrected chi connectivity index (χ3v) is 8.52. The number of halogens is 1. The molecule has 51 heavy (non-hydrogen) atoms. The monoisotopic (exact) mass is 711 g/mol. The van der Waals surface area contributed by atoms with Crippen LogP contribution in [0.3, 0.4) is 0 Å². The molecule has 6 N–H and O–H groups in total. The van der Waals surface area contributed by atoms with E-state index < -0.39 is 6.03 Å². The minimum absolute atomic E-state index is 0.0400. The normalized spacial score (nSPS) is 11.3. The molecule has 3 aromatic carbocycles. The molecule has 266 valence electrons. The Kier molecular flexibility index (Phi) is 11.5. The van der Waals surface area contributed by atoms with Crippen LogP contribution in [0.4, 0.5) is 10.6 Å². The average Bonchev–Trinajstić information content (AvgIpc) is 3.54. The van der Waals surface area contributed by atoms with Crippen LogP contribution in [0.15, 0.2) is 89.7 Å². The highest BCUT2D eigenvalue weighted by atomic mass is 35.5. The van der Waals surface area contributed by atoms with Crippen molar-refractivity contribution >= 4 is 29.4 Å². The Bertz CT molecular complexity index is 2080. The molecule has 0 fully saturated rings. The van der Waals surface area contributed by atoms with E-state index in [1.807, 2.05) is 82.3 Å². The zero-order valence-electron chi connectivity index (χ0n) is 29.0. The molecular formula is C38H42ClN7O5. The van der Waals surface area contributed by atoms with E-state index in [9.17, 15) is 19.5 Å². The minimum atomic E-state index is -0.431. The Morgan fingerprint density at radius 2 is 1.63 bits per heavy atom. The first-order chi connectivity index (χ1) is 24.3. The van der Waals surface area contributed by atoms with Gasteiger partial charge in [0.05, 0.1) is 24.5 Å². The van der Waals surface area contributed by atoms with E-state index >= 15 is 0 Å². The van der Waals surface area contributed by atoms with Crippen molar-refractivity contribution in [2.45, 2.75) is 59.4 Å². The van der Waals surface area contributed by atoms with Gasteiger partial charge in [0.15, 0.2) is 0 Å². The molecule has 2 aromatic heterocycles. The fraction of sp³-hybridized carbons (Fsp3) is 0.263. The van der Waals surface area contributed by atoms with Gasteiger partial charge < -0.3 is 30.8 Å². The van der Waals surface area contributed by atoms with Crippen molar-refractivity contribution in [3.8, 4) is 17.2 Å². The summed E-state index contributed by atoms with van der Waals surface area (Å²) in [7, 11) is 0.